The summed E-state index contributed by atoms with van der Waals surface area (Å²) in [6.07, 6.45) is 25.1. The van der Waals surface area contributed by atoms with Crippen molar-refractivity contribution in [2.45, 2.75) is 0 Å². The Kier molecular flexibility index (Phi) is 12.7. The van der Waals surface area contributed by atoms with E-state index < -0.39 is 23.9 Å². The fraction of sp³-hybridized carbons (Fsp3) is 0.100. The topological polar surface area (TPSA) is 183 Å². The van der Waals surface area contributed by atoms with Gasteiger partial charge in [0.25, 0.3) is 0 Å². The van der Waals surface area contributed by atoms with E-state index in [1.807, 2.05) is 0 Å². The predicted molar refractivity (Wildman–Crippen MR) is 200 cm³/mol. The van der Waals surface area contributed by atoms with E-state index in [4.69, 9.17) is 28.9 Å². The number of pyridine rings is 4. The van der Waals surface area contributed by atoms with Gasteiger partial charge >= 0.3 is 23.9 Å². The third-order valence-corrected chi connectivity index (χ3v) is 7.72. The molecule has 0 atom stereocenters. The van der Waals surface area contributed by atoms with E-state index in [0.29, 0.717) is 45.0 Å². The summed E-state index contributed by atoms with van der Waals surface area (Å²) in [7, 11) is 5.13. The van der Waals surface area contributed by atoms with Crippen LogP contribution in [0.25, 0.3) is 48.6 Å². The molecule has 0 aliphatic carbocycles. The number of hydrogen-bond acceptors (Lipinski definition) is 14. The highest BCUT2D eigenvalue weighted by Crippen LogP contribution is 2.23. The second kappa shape index (κ2) is 18.1. The summed E-state index contributed by atoms with van der Waals surface area (Å²) in [5.41, 5.74) is 4.24. The van der Waals surface area contributed by atoms with E-state index in [-0.39, 0.29) is 22.3 Å². The number of rotatable bonds is 12. The minimum atomic E-state index is -0.557. The zero-order valence-electron chi connectivity index (χ0n) is 29.5. The smallest absolute Gasteiger partial charge is 0.338 e. The molecule has 5 heterocycles. The number of carbonyl (C=O) groups is 4. The molecule has 0 saturated carbocycles. The lowest BCUT2D eigenvalue weighted by atomic mass is 10.1. The molecule has 0 bridgehead atoms. The van der Waals surface area contributed by atoms with Crippen molar-refractivity contribution < 1.29 is 38.1 Å². The first-order valence-corrected chi connectivity index (χ1v) is 16.0. The van der Waals surface area contributed by atoms with E-state index in [0.717, 1.165) is 0 Å². The standard InChI is InChI=1S/C40H32N6O8/c1-51-37(47)29-13-17-41-21-25(29)5-9-33-34(10-6-26-22-42-18-14-30(26)38(48)52-2)46-36(12-8-28-24-44-20-16-32(28)40(50)54-4)35(45-33)11-7-27-23-43-19-15-31(27)39(49)53-3/h5-24H,1-4H3. The summed E-state index contributed by atoms with van der Waals surface area (Å²) in [4.78, 5) is 76.5. The lowest BCUT2D eigenvalue weighted by Gasteiger charge is -2.09. The average molecular weight is 725 g/mol. The van der Waals surface area contributed by atoms with Gasteiger partial charge < -0.3 is 18.9 Å². The van der Waals surface area contributed by atoms with Crippen LogP contribution in [0, 0.1) is 0 Å². The molecule has 0 fully saturated rings. The molecular formula is C40H32N6O8. The van der Waals surface area contributed by atoms with Crippen molar-refractivity contribution in [3.63, 3.8) is 0 Å². The number of ether oxygens (including phenoxy) is 4. The molecule has 5 rings (SSSR count). The maximum atomic E-state index is 12.5. The SMILES string of the molecule is COC(=O)c1ccncc1C=Cc1nc(C=Cc2cnccc2C(=O)OC)c(C=Cc2cnccc2C(=O)OC)nc1C=Cc1cnccc1C(=O)OC. The lowest BCUT2D eigenvalue weighted by molar-refractivity contribution is 0.0591. The van der Waals surface area contributed by atoms with Crippen LogP contribution in [-0.2, 0) is 18.9 Å². The van der Waals surface area contributed by atoms with Gasteiger partial charge in [-0.05, 0) is 48.6 Å². The van der Waals surface area contributed by atoms with Gasteiger partial charge in [0, 0.05) is 71.8 Å². The molecule has 0 unspecified atom stereocenters. The van der Waals surface area contributed by atoms with Gasteiger partial charge in [-0.1, -0.05) is 24.3 Å². The van der Waals surface area contributed by atoms with Crippen LogP contribution >= 0.6 is 0 Å². The third kappa shape index (κ3) is 9.05. The molecule has 0 amide bonds. The monoisotopic (exact) mass is 724 g/mol. The molecule has 14 heteroatoms. The van der Waals surface area contributed by atoms with Gasteiger partial charge in [0.05, 0.1) is 73.5 Å². The van der Waals surface area contributed by atoms with Crippen molar-refractivity contribution in [2.75, 3.05) is 28.4 Å². The van der Waals surface area contributed by atoms with Crippen LogP contribution < -0.4 is 0 Å². The van der Waals surface area contributed by atoms with Gasteiger partial charge in [0.15, 0.2) is 0 Å². The van der Waals surface area contributed by atoms with E-state index in [2.05, 4.69) is 19.9 Å². The molecule has 5 aromatic heterocycles. The van der Waals surface area contributed by atoms with Crippen molar-refractivity contribution in [1.29, 1.82) is 0 Å². The summed E-state index contributed by atoms with van der Waals surface area (Å²) in [6.45, 7) is 0. The molecule has 0 N–H and O–H groups in total. The summed E-state index contributed by atoms with van der Waals surface area (Å²) >= 11 is 0. The van der Waals surface area contributed by atoms with Crippen molar-refractivity contribution >= 4 is 72.5 Å². The quantitative estimate of drug-likeness (QED) is 0.110. The van der Waals surface area contributed by atoms with Crippen molar-refractivity contribution in [1.82, 2.24) is 29.9 Å². The molecule has 14 nitrogen and oxygen atoms in total. The summed E-state index contributed by atoms with van der Waals surface area (Å²) in [6, 6.07) is 6.13. The Morgan fingerprint density at radius 1 is 0.389 bits per heavy atom. The van der Waals surface area contributed by atoms with Gasteiger partial charge in [-0.15, -0.1) is 0 Å². The Balaban J connectivity index is 1.74. The Bertz CT molecular complexity index is 2010. The summed E-state index contributed by atoms with van der Waals surface area (Å²) < 4.78 is 19.8. The molecule has 5 aromatic rings. The fourth-order valence-corrected chi connectivity index (χ4v) is 5.00. The molecular weight excluding hydrogens is 692 g/mol. The highest BCUT2D eigenvalue weighted by molar-refractivity contribution is 5.97. The zero-order valence-corrected chi connectivity index (χ0v) is 29.5. The van der Waals surface area contributed by atoms with E-state index >= 15 is 0 Å². The van der Waals surface area contributed by atoms with Crippen LogP contribution in [-0.4, -0.2) is 82.2 Å². The average Bonchev–Trinajstić information content (AvgIpc) is 3.22. The maximum absolute atomic E-state index is 12.5. The molecule has 0 radical (unpaired) electrons. The summed E-state index contributed by atoms with van der Waals surface area (Å²) in [5.74, 6) is -2.23. The Morgan fingerprint density at radius 2 is 0.611 bits per heavy atom. The third-order valence-electron chi connectivity index (χ3n) is 7.72. The zero-order chi connectivity index (χ0) is 38.5. The minimum absolute atomic E-state index is 0.274. The first-order valence-electron chi connectivity index (χ1n) is 16.0. The Morgan fingerprint density at radius 3 is 0.815 bits per heavy atom. The molecule has 0 saturated heterocycles. The molecule has 0 spiro atoms. The maximum Gasteiger partial charge on any atom is 0.338 e. The number of aromatic nitrogens is 6. The first-order chi connectivity index (χ1) is 26.3. The van der Waals surface area contributed by atoms with Crippen LogP contribution in [0.15, 0.2) is 73.8 Å². The second-order valence-electron chi connectivity index (χ2n) is 10.9. The molecule has 270 valence electrons. The normalized spacial score (nSPS) is 11.3. The van der Waals surface area contributed by atoms with Gasteiger partial charge in [0.1, 0.15) is 0 Å². The number of methoxy groups -OCH3 is 4. The van der Waals surface area contributed by atoms with Gasteiger partial charge in [-0.3, -0.25) is 19.9 Å². The van der Waals surface area contributed by atoms with Crippen molar-refractivity contribution in [2.24, 2.45) is 0 Å². The van der Waals surface area contributed by atoms with Crippen LogP contribution in [0.2, 0.25) is 0 Å². The first kappa shape index (κ1) is 37.8. The van der Waals surface area contributed by atoms with Gasteiger partial charge in [0.2, 0.25) is 0 Å². The van der Waals surface area contributed by atoms with Crippen LogP contribution in [0.5, 0.6) is 0 Å². The van der Waals surface area contributed by atoms with Crippen LogP contribution in [0.4, 0.5) is 0 Å². The molecule has 0 aliphatic rings. The second-order valence-corrected chi connectivity index (χ2v) is 10.9. The highest BCUT2D eigenvalue weighted by Gasteiger charge is 2.15. The number of carbonyl (C=O) groups excluding carboxylic acids is 4. The largest absolute Gasteiger partial charge is 0.465 e. The Hall–Kier alpha value is -7.48. The number of nitrogens with zero attached hydrogens (tertiary/aromatic N) is 6. The van der Waals surface area contributed by atoms with Crippen LogP contribution in [0.1, 0.15) is 86.5 Å². The van der Waals surface area contributed by atoms with E-state index in [1.54, 1.807) is 48.6 Å². The summed E-state index contributed by atoms with van der Waals surface area (Å²) in [5, 5.41) is 0. The molecule has 0 aliphatic heterocycles. The molecule has 54 heavy (non-hydrogen) atoms. The van der Waals surface area contributed by atoms with E-state index in [1.165, 1.54) is 102 Å². The fourth-order valence-electron chi connectivity index (χ4n) is 5.00. The van der Waals surface area contributed by atoms with E-state index in [9.17, 15) is 19.2 Å². The van der Waals surface area contributed by atoms with Crippen molar-refractivity contribution in [3.05, 3.63) is 141 Å². The number of esters is 4. The minimum Gasteiger partial charge on any atom is -0.465 e. The van der Waals surface area contributed by atoms with Gasteiger partial charge in [-0.2, -0.15) is 0 Å². The van der Waals surface area contributed by atoms with Gasteiger partial charge in [-0.25, -0.2) is 29.1 Å². The van der Waals surface area contributed by atoms with Crippen molar-refractivity contribution in [3.8, 4) is 0 Å². The van der Waals surface area contributed by atoms with Crippen LogP contribution in [0.3, 0.4) is 0 Å². The predicted octanol–water partition coefficient (Wildman–Crippen LogP) is 5.88. The lowest BCUT2D eigenvalue weighted by Crippen LogP contribution is -2.05. The Labute approximate surface area is 309 Å². The molecule has 0 aromatic carbocycles. The highest BCUT2D eigenvalue weighted by atomic mass is 16.5. The number of hydrogen-bond donors (Lipinski definition) is 0.